The quantitative estimate of drug-likeness (QED) is 0.773. The highest BCUT2D eigenvalue weighted by atomic mass is 16.7. The van der Waals surface area contributed by atoms with Crippen LogP contribution in [0.4, 0.5) is 0 Å². The molecule has 1 aliphatic rings. The van der Waals surface area contributed by atoms with Crippen LogP contribution in [0.25, 0.3) is 0 Å². The number of benzene rings is 2. The van der Waals surface area contributed by atoms with Gasteiger partial charge in [0.2, 0.25) is 0 Å². The minimum atomic E-state index is -1.52. The van der Waals surface area contributed by atoms with Crippen molar-refractivity contribution in [3.63, 3.8) is 0 Å². The molecule has 136 valence electrons. The first kappa shape index (κ1) is 18.1. The van der Waals surface area contributed by atoms with Gasteiger partial charge in [-0.25, -0.2) is 9.59 Å². The van der Waals surface area contributed by atoms with E-state index in [0.29, 0.717) is 5.56 Å². The summed E-state index contributed by atoms with van der Waals surface area (Å²) < 4.78 is 15.8. The molecule has 0 radical (unpaired) electrons. The molecule has 2 aromatic carbocycles. The van der Waals surface area contributed by atoms with Crippen LogP contribution in [0.15, 0.2) is 60.7 Å². The van der Waals surface area contributed by atoms with Gasteiger partial charge in [0.05, 0.1) is 17.7 Å². The van der Waals surface area contributed by atoms with E-state index in [0.717, 1.165) is 0 Å². The van der Waals surface area contributed by atoms with E-state index in [4.69, 9.17) is 14.2 Å². The van der Waals surface area contributed by atoms with Crippen molar-refractivity contribution in [1.29, 1.82) is 0 Å². The second-order valence-electron chi connectivity index (χ2n) is 5.72. The molecule has 0 unspecified atom stereocenters. The number of aliphatic hydroxyl groups excluding tert-OH is 2. The Hall–Kier alpha value is -2.74. The Balaban J connectivity index is 1.76. The number of rotatable bonds is 5. The van der Waals surface area contributed by atoms with Crippen LogP contribution in [0.5, 0.6) is 0 Å². The SMILES string of the molecule is O=C(O[C@@H]1[C@H](OC(=O)c2ccccc2)[C@@H](CO)O[C@H]1O)c1ccccc1. The van der Waals surface area contributed by atoms with Gasteiger partial charge in [0.15, 0.2) is 18.5 Å². The number of esters is 2. The molecule has 1 heterocycles. The summed E-state index contributed by atoms with van der Waals surface area (Å²) in [5.74, 6) is -1.37. The van der Waals surface area contributed by atoms with Gasteiger partial charge in [0, 0.05) is 0 Å². The second-order valence-corrected chi connectivity index (χ2v) is 5.72. The molecule has 2 aromatic rings. The fraction of sp³-hybridized carbons (Fsp3) is 0.263. The van der Waals surface area contributed by atoms with E-state index in [-0.39, 0.29) is 5.56 Å². The molecule has 0 spiro atoms. The van der Waals surface area contributed by atoms with Gasteiger partial charge in [-0.3, -0.25) is 0 Å². The average molecular weight is 358 g/mol. The lowest BCUT2D eigenvalue weighted by Crippen LogP contribution is -2.41. The van der Waals surface area contributed by atoms with Crippen molar-refractivity contribution in [3.05, 3.63) is 71.8 Å². The molecule has 7 nitrogen and oxygen atoms in total. The van der Waals surface area contributed by atoms with E-state index < -0.39 is 43.1 Å². The highest BCUT2D eigenvalue weighted by molar-refractivity contribution is 5.90. The Bertz CT molecular complexity index is 747. The smallest absolute Gasteiger partial charge is 0.338 e. The largest absolute Gasteiger partial charge is 0.452 e. The maximum absolute atomic E-state index is 12.3. The number of hydrogen-bond donors (Lipinski definition) is 2. The summed E-state index contributed by atoms with van der Waals surface area (Å²) in [7, 11) is 0. The summed E-state index contributed by atoms with van der Waals surface area (Å²) in [5, 5.41) is 19.5. The molecular weight excluding hydrogens is 340 g/mol. The summed E-state index contributed by atoms with van der Waals surface area (Å²) >= 11 is 0. The summed E-state index contributed by atoms with van der Waals surface area (Å²) in [6, 6.07) is 16.4. The van der Waals surface area contributed by atoms with Crippen molar-refractivity contribution < 1.29 is 34.0 Å². The normalized spacial score (nSPS) is 24.8. The van der Waals surface area contributed by atoms with E-state index in [1.54, 1.807) is 60.7 Å². The van der Waals surface area contributed by atoms with Crippen LogP contribution in [-0.4, -0.2) is 53.4 Å². The van der Waals surface area contributed by atoms with Crippen LogP contribution in [-0.2, 0) is 14.2 Å². The van der Waals surface area contributed by atoms with Crippen LogP contribution >= 0.6 is 0 Å². The Kier molecular flexibility index (Phi) is 5.62. The summed E-state index contributed by atoms with van der Waals surface area (Å²) in [4.78, 5) is 24.5. The molecule has 2 N–H and O–H groups in total. The van der Waals surface area contributed by atoms with Gasteiger partial charge in [-0.1, -0.05) is 36.4 Å². The Morgan fingerprint density at radius 1 is 0.846 bits per heavy atom. The van der Waals surface area contributed by atoms with E-state index in [1.165, 1.54) is 0 Å². The van der Waals surface area contributed by atoms with Crippen molar-refractivity contribution in [1.82, 2.24) is 0 Å². The highest BCUT2D eigenvalue weighted by Gasteiger charge is 2.49. The number of ether oxygens (including phenoxy) is 3. The fourth-order valence-electron chi connectivity index (χ4n) is 2.65. The van der Waals surface area contributed by atoms with Crippen LogP contribution in [0.3, 0.4) is 0 Å². The molecule has 4 atom stereocenters. The van der Waals surface area contributed by atoms with E-state index in [2.05, 4.69) is 0 Å². The first-order valence-corrected chi connectivity index (χ1v) is 8.06. The van der Waals surface area contributed by atoms with Crippen LogP contribution in [0.2, 0.25) is 0 Å². The first-order chi connectivity index (χ1) is 12.6. The third-order valence-corrected chi connectivity index (χ3v) is 3.97. The molecule has 7 heteroatoms. The topological polar surface area (TPSA) is 102 Å². The van der Waals surface area contributed by atoms with Gasteiger partial charge in [-0.15, -0.1) is 0 Å². The Morgan fingerprint density at radius 2 is 1.31 bits per heavy atom. The molecule has 1 fully saturated rings. The highest BCUT2D eigenvalue weighted by Crippen LogP contribution is 2.27. The van der Waals surface area contributed by atoms with Crippen molar-refractivity contribution in [3.8, 4) is 0 Å². The first-order valence-electron chi connectivity index (χ1n) is 8.06. The molecule has 0 bridgehead atoms. The minimum absolute atomic E-state index is 0.278. The van der Waals surface area contributed by atoms with Crippen LogP contribution < -0.4 is 0 Å². The fourth-order valence-corrected chi connectivity index (χ4v) is 2.65. The predicted octanol–water partition coefficient (Wildman–Crippen LogP) is 1.15. The maximum atomic E-state index is 12.3. The standard InChI is InChI=1S/C19H18O7/c20-11-14-15(25-17(21)12-7-3-1-4-8-12)16(19(23)24-14)26-18(22)13-9-5-2-6-10-13/h1-10,14-16,19-20,23H,11H2/t14-,15-,16-,19-/m1/s1. The molecule has 0 saturated carbocycles. The van der Waals surface area contributed by atoms with Gasteiger partial charge < -0.3 is 24.4 Å². The van der Waals surface area contributed by atoms with Gasteiger partial charge in [-0.2, -0.15) is 0 Å². The number of aliphatic hydroxyl groups is 2. The van der Waals surface area contributed by atoms with Gasteiger partial charge >= 0.3 is 11.9 Å². The summed E-state index contributed by atoms with van der Waals surface area (Å²) in [5.41, 5.74) is 0.569. The number of carbonyl (C=O) groups is 2. The van der Waals surface area contributed by atoms with Crippen molar-refractivity contribution in [2.75, 3.05) is 6.61 Å². The minimum Gasteiger partial charge on any atom is -0.452 e. The van der Waals surface area contributed by atoms with Crippen molar-refractivity contribution >= 4 is 11.9 Å². The Morgan fingerprint density at radius 3 is 1.77 bits per heavy atom. The molecule has 3 rings (SSSR count). The lowest BCUT2D eigenvalue weighted by Gasteiger charge is -2.22. The Labute approximate surface area is 149 Å². The van der Waals surface area contributed by atoms with E-state index >= 15 is 0 Å². The van der Waals surface area contributed by atoms with Gasteiger partial charge in [0.1, 0.15) is 6.10 Å². The molecule has 26 heavy (non-hydrogen) atoms. The maximum Gasteiger partial charge on any atom is 0.338 e. The lowest BCUT2D eigenvalue weighted by molar-refractivity contribution is -0.135. The second kappa shape index (κ2) is 8.09. The molecule has 0 aromatic heterocycles. The molecule has 0 amide bonds. The van der Waals surface area contributed by atoms with Gasteiger partial charge in [0.25, 0.3) is 0 Å². The molecule has 0 aliphatic carbocycles. The summed E-state index contributed by atoms with van der Waals surface area (Å²) in [6.07, 6.45) is -4.93. The average Bonchev–Trinajstić information content (AvgIpc) is 2.98. The van der Waals surface area contributed by atoms with Crippen molar-refractivity contribution in [2.24, 2.45) is 0 Å². The third kappa shape index (κ3) is 3.91. The number of hydrogen-bond acceptors (Lipinski definition) is 7. The summed E-state index contributed by atoms with van der Waals surface area (Å²) in [6.45, 7) is -0.511. The molecule has 1 aliphatic heterocycles. The van der Waals surface area contributed by atoms with Crippen LogP contribution in [0.1, 0.15) is 20.7 Å². The van der Waals surface area contributed by atoms with Gasteiger partial charge in [-0.05, 0) is 24.3 Å². The predicted molar refractivity (Wildman–Crippen MR) is 89.3 cm³/mol. The zero-order valence-corrected chi connectivity index (χ0v) is 13.7. The molecular formula is C19H18O7. The number of carbonyl (C=O) groups excluding carboxylic acids is 2. The van der Waals surface area contributed by atoms with E-state index in [1.807, 2.05) is 0 Å². The van der Waals surface area contributed by atoms with E-state index in [9.17, 15) is 19.8 Å². The van der Waals surface area contributed by atoms with Crippen molar-refractivity contribution in [2.45, 2.75) is 24.6 Å². The lowest BCUT2D eigenvalue weighted by atomic mass is 10.1. The monoisotopic (exact) mass is 358 g/mol. The molecule has 1 saturated heterocycles. The third-order valence-electron chi connectivity index (χ3n) is 3.97. The van der Waals surface area contributed by atoms with Crippen LogP contribution in [0, 0.1) is 0 Å². The zero-order chi connectivity index (χ0) is 18.5. The zero-order valence-electron chi connectivity index (χ0n) is 13.7.